The molecule has 1 aromatic carbocycles. The maximum Gasteiger partial charge on any atom is 0.174 e. The summed E-state index contributed by atoms with van der Waals surface area (Å²) in [6, 6.07) is 5.75. The molecule has 1 aliphatic rings. The fourth-order valence-electron chi connectivity index (χ4n) is 2.80. The summed E-state index contributed by atoms with van der Waals surface area (Å²) in [5.41, 5.74) is 6.10. The molecular weight excluding hydrogens is 351 g/mol. The minimum Gasteiger partial charge on any atom is -0.398 e. The second-order valence-electron chi connectivity index (χ2n) is 5.46. The third-order valence-electron chi connectivity index (χ3n) is 4.00. The number of nitrogen functional groups attached to an aromatic ring is 1. The Hall–Kier alpha value is -1.79. The van der Waals surface area contributed by atoms with Crippen LogP contribution in [0.3, 0.4) is 0 Å². The van der Waals surface area contributed by atoms with Gasteiger partial charge in [0.25, 0.3) is 0 Å². The van der Waals surface area contributed by atoms with Crippen LogP contribution >= 0.6 is 15.9 Å². The van der Waals surface area contributed by atoms with E-state index in [0.717, 1.165) is 10.0 Å². The van der Waals surface area contributed by atoms with Crippen molar-refractivity contribution in [3.8, 4) is 0 Å². The molecule has 1 unspecified atom stereocenters. The van der Waals surface area contributed by atoms with Gasteiger partial charge in [0.1, 0.15) is 5.82 Å². The molecule has 1 heterocycles. The van der Waals surface area contributed by atoms with E-state index in [1.807, 2.05) is 6.07 Å². The number of aryl methyl sites for hydroxylation is 1. The molecule has 0 fully saturated rings. The molecule has 1 atom stereocenters. The number of nitrogens with two attached hydrogens (primary N) is 1. The zero-order valence-corrected chi connectivity index (χ0v) is 13.2. The summed E-state index contributed by atoms with van der Waals surface area (Å²) in [4.78, 5) is 16.8. The molecule has 0 bridgehead atoms. The second-order valence-corrected chi connectivity index (χ2v) is 6.38. The van der Waals surface area contributed by atoms with E-state index in [0.29, 0.717) is 24.1 Å². The van der Waals surface area contributed by atoms with Gasteiger partial charge in [-0.05, 0) is 58.1 Å². The van der Waals surface area contributed by atoms with Gasteiger partial charge in [0.2, 0.25) is 0 Å². The minimum absolute atomic E-state index is 0.0558. The largest absolute Gasteiger partial charge is 0.398 e. The van der Waals surface area contributed by atoms with E-state index < -0.39 is 11.4 Å². The summed E-state index contributed by atoms with van der Waals surface area (Å²) in [6.45, 7) is 0. The Bertz CT molecular complexity index is 766. The van der Waals surface area contributed by atoms with E-state index in [-0.39, 0.29) is 17.9 Å². The van der Waals surface area contributed by atoms with Crippen LogP contribution in [0.2, 0.25) is 0 Å². The van der Waals surface area contributed by atoms with Crippen molar-refractivity contribution < 1.29 is 14.3 Å². The third kappa shape index (κ3) is 2.53. The Morgan fingerprint density at radius 2 is 2.23 bits per heavy atom. The van der Waals surface area contributed by atoms with Gasteiger partial charge in [-0.3, -0.25) is 9.78 Å². The monoisotopic (exact) mass is 364 g/mol. The Morgan fingerprint density at radius 3 is 2.95 bits per heavy atom. The first-order chi connectivity index (χ1) is 10.4. The molecule has 0 saturated heterocycles. The van der Waals surface area contributed by atoms with Crippen molar-refractivity contribution >= 4 is 27.4 Å². The average molecular weight is 365 g/mol. The van der Waals surface area contributed by atoms with E-state index in [2.05, 4.69) is 20.9 Å². The van der Waals surface area contributed by atoms with Crippen LogP contribution in [0.1, 0.15) is 23.2 Å². The number of carbonyl (C=O) groups excluding carboxylic acids is 1. The molecule has 114 valence electrons. The molecule has 3 rings (SSSR count). The summed E-state index contributed by atoms with van der Waals surface area (Å²) in [5, 5.41) is 10.8. The van der Waals surface area contributed by atoms with Crippen LogP contribution in [0, 0.1) is 5.82 Å². The number of fused-ring (bicyclic) bond motifs is 1. The Morgan fingerprint density at radius 1 is 1.45 bits per heavy atom. The number of rotatable bonds is 3. The average Bonchev–Trinajstić information content (AvgIpc) is 2.80. The highest BCUT2D eigenvalue weighted by Gasteiger charge is 2.44. The third-order valence-corrected chi connectivity index (χ3v) is 4.44. The minimum atomic E-state index is -1.60. The van der Waals surface area contributed by atoms with Gasteiger partial charge in [-0.2, -0.15) is 0 Å². The highest BCUT2D eigenvalue weighted by Crippen LogP contribution is 2.38. The molecule has 0 spiro atoms. The molecule has 1 aliphatic carbocycles. The van der Waals surface area contributed by atoms with Gasteiger partial charge in [0.15, 0.2) is 11.4 Å². The maximum absolute atomic E-state index is 13.1. The number of halogens is 2. The molecule has 3 N–H and O–H groups in total. The lowest BCUT2D eigenvalue weighted by molar-refractivity contribution is -0.137. The van der Waals surface area contributed by atoms with E-state index in [4.69, 9.17) is 5.73 Å². The first kappa shape index (κ1) is 15.1. The normalized spacial score (nSPS) is 20.0. The molecule has 4 nitrogen and oxygen atoms in total. The summed E-state index contributed by atoms with van der Waals surface area (Å²) < 4.78 is 13.9. The van der Waals surface area contributed by atoms with Crippen molar-refractivity contribution in [3.05, 3.63) is 57.6 Å². The summed E-state index contributed by atoms with van der Waals surface area (Å²) >= 11 is 3.33. The van der Waals surface area contributed by atoms with Crippen molar-refractivity contribution in [3.63, 3.8) is 0 Å². The van der Waals surface area contributed by atoms with Gasteiger partial charge in [0.05, 0.1) is 5.69 Å². The Balaban J connectivity index is 1.90. The fraction of sp³-hybridized carbons (Fsp3) is 0.250. The molecule has 0 radical (unpaired) electrons. The number of aliphatic hydroxyl groups is 1. The number of ketones is 1. The fourth-order valence-corrected chi connectivity index (χ4v) is 3.17. The molecule has 0 amide bonds. The smallest absolute Gasteiger partial charge is 0.174 e. The lowest BCUT2D eigenvalue weighted by Crippen LogP contribution is -2.35. The lowest BCUT2D eigenvalue weighted by Gasteiger charge is -2.21. The van der Waals surface area contributed by atoms with Crippen LogP contribution in [0.15, 0.2) is 34.9 Å². The summed E-state index contributed by atoms with van der Waals surface area (Å²) in [5.74, 6) is -0.829. The molecule has 0 aliphatic heterocycles. The van der Waals surface area contributed by atoms with Crippen molar-refractivity contribution in [2.75, 3.05) is 5.73 Å². The molecule has 22 heavy (non-hydrogen) atoms. The number of Topliss-reactive ketones (excluding diaryl/α,β-unsaturated/α-hetero) is 1. The highest BCUT2D eigenvalue weighted by molar-refractivity contribution is 9.10. The number of hydrogen-bond acceptors (Lipinski definition) is 4. The molecule has 2 aromatic rings. The van der Waals surface area contributed by atoms with Crippen LogP contribution in [-0.4, -0.2) is 15.9 Å². The SMILES string of the molecule is Nc1cc(F)ccc1CC(=O)C1(O)CCc2cc(Br)cnc21. The van der Waals surface area contributed by atoms with Gasteiger partial charge in [-0.1, -0.05) is 6.07 Å². The van der Waals surface area contributed by atoms with Crippen molar-refractivity contribution in [1.82, 2.24) is 4.98 Å². The molecule has 6 heteroatoms. The van der Waals surface area contributed by atoms with E-state index in [1.54, 1.807) is 6.20 Å². The first-order valence-corrected chi connectivity index (χ1v) is 7.64. The van der Waals surface area contributed by atoms with Gasteiger partial charge in [0, 0.05) is 22.8 Å². The van der Waals surface area contributed by atoms with Gasteiger partial charge < -0.3 is 10.8 Å². The first-order valence-electron chi connectivity index (χ1n) is 6.84. The van der Waals surface area contributed by atoms with Crippen LogP contribution in [-0.2, 0) is 23.2 Å². The van der Waals surface area contributed by atoms with Crippen molar-refractivity contribution in [2.45, 2.75) is 24.9 Å². The van der Waals surface area contributed by atoms with Crippen LogP contribution < -0.4 is 5.73 Å². The Labute approximate surface area is 135 Å². The number of hydrogen-bond donors (Lipinski definition) is 2. The molecule has 0 saturated carbocycles. The van der Waals surface area contributed by atoms with Crippen LogP contribution in [0.5, 0.6) is 0 Å². The quantitative estimate of drug-likeness (QED) is 0.820. The standard InChI is InChI=1S/C16H14BrFN2O2/c17-11-5-10-3-4-16(22,15(10)20-8-11)14(21)6-9-1-2-12(18)7-13(9)19/h1-2,5,7-8,22H,3-4,6,19H2. The number of pyridine rings is 1. The highest BCUT2D eigenvalue weighted by atomic mass is 79.9. The van der Waals surface area contributed by atoms with E-state index in [9.17, 15) is 14.3 Å². The summed E-state index contributed by atoms with van der Waals surface area (Å²) in [6.07, 6.45) is 2.39. The number of benzene rings is 1. The van der Waals surface area contributed by atoms with Gasteiger partial charge in [-0.15, -0.1) is 0 Å². The van der Waals surface area contributed by atoms with Crippen molar-refractivity contribution in [1.29, 1.82) is 0 Å². The van der Waals surface area contributed by atoms with Gasteiger partial charge in [-0.25, -0.2) is 4.39 Å². The topological polar surface area (TPSA) is 76.2 Å². The predicted molar refractivity (Wildman–Crippen MR) is 83.7 cm³/mol. The molecular formula is C16H14BrFN2O2. The van der Waals surface area contributed by atoms with Gasteiger partial charge >= 0.3 is 0 Å². The van der Waals surface area contributed by atoms with Crippen LogP contribution in [0.25, 0.3) is 0 Å². The van der Waals surface area contributed by atoms with Crippen LogP contribution in [0.4, 0.5) is 10.1 Å². The number of nitrogens with zero attached hydrogens (tertiary/aromatic N) is 1. The number of aromatic nitrogens is 1. The Kier molecular flexibility index (Phi) is 3.74. The van der Waals surface area contributed by atoms with Crippen molar-refractivity contribution in [2.24, 2.45) is 0 Å². The molecule has 1 aromatic heterocycles. The lowest BCUT2D eigenvalue weighted by atomic mass is 9.90. The number of anilines is 1. The zero-order chi connectivity index (χ0) is 15.9. The predicted octanol–water partition coefficient (Wildman–Crippen LogP) is 2.51. The zero-order valence-electron chi connectivity index (χ0n) is 11.6. The van der Waals surface area contributed by atoms with E-state index >= 15 is 0 Å². The maximum atomic E-state index is 13.1. The summed E-state index contributed by atoms with van der Waals surface area (Å²) in [7, 11) is 0. The van der Waals surface area contributed by atoms with E-state index in [1.165, 1.54) is 18.2 Å². The second kappa shape index (κ2) is 5.44. The number of carbonyl (C=O) groups is 1.